The third-order valence-electron chi connectivity index (χ3n) is 3.32. The van der Waals surface area contributed by atoms with Gasteiger partial charge in [0.25, 0.3) is 11.6 Å². The topological polar surface area (TPSA) is 60.9 Å². The Labute approximate surface area is 113 Å². The average Bonchev–Trinajstić information content (AvgIpc) is 3.23. The van der Waals surface area contributed by atoms with Gasteiger partial charge in [-0.3, -0.25) is 9.36 Å². The predicted octanol–water partition coefficient (Wildman–Crippen LogP) is 2.45. The second-order valence-corrected chi connectivity index (χ2v) is 4.63. The van der Waals surface area contributed by atoms with Crippen LogP contribution < -0.4 is 11.3 Å². The van der Waals surface area contributed by atoms with Crippen LogP contribution in [0.5, 0.6) is 0 Å². The van der Waals surface area contributed by atoms with Crippen LogP contribution in [-0.2, 0) is 0 Å². The summed E-state index contributed by atoms with van der Waals surface area (Å²) in [5.74, 6) is 0.178. The number of hydrogen-bond donors (Lipinski definition) is 1. The molecule has 0 aliphatic heterocycles. The Morgan fingerprint density at radius 1 is 1.35 bits per heavy atom. The normalized spacial score (nSPS) is 17.1. The highest BCUT2D eigenvalue weighted by Gasteiger charge is 2.35. The number of anilines is 1. The zero-order valence-corrected chi connectivity index (χ0v) is 10.4. The summed E-state index contributed by atoms with van der Waals surface area (Å²) in [6, 6.07) is 6.49. The summed E-state index contributed by atoms with van der Waals surface area (Å²) in [6.45, 7) is 0. The molecule has 2 N–H and O–H groups in total. The van der Waals surface area contributed by atoms with Crippen LogP contribution in [0.15, 0.2) is 53.1 Å². The second-order valence-electron chi connectivity index (χ2n) is 4.63. The molecule has 2 aromatic heterocycles. The van der Waals surface area contributed by atoms with E-state index in [2.05, 4.69) is 4.98 Å². The number of allylic oxidation sites excluding steroid dienone is 1. The smallest absolute Gasteiger partial charge is 0.279 e. The monoisotopic (exact) mass is 275 g/mol. The van der Waals surface area contributed by atoms with Crippen molar-refractivity contribution in [2.24, 2.45) is 0 Å². The van der Waals surface area contributed by atoms with Crippen LogP contribution >= 0.6 is 0 Å². The van der Waals surface area contributed by atoms with Crippen LogP contribution in [-0.4, -0.2) is 9.55 Å². The molecule has 6 heteroatoms. The fraction of sp³-hybridized carbons (Fsp3) is 0.143. The fourth-order valence-corrected chi connectivity index (χ4v) is 2.13. The molecule has 3 rings (SSSR count). The van der Waals surface area contributed by atoms with Crippen LogP contribution in [0.1, 0.15) is 17.9 Å². The van der Waals surface area contributed by atoms with Gasteiger partial charge in [-0.05, 0) is 30.2 Å². The molecular formula is C14H11F2N3O. The van der Waals surface area contributed by atoms with Crippen LogP contribution in [0.4, 0.5) is 14.5 Å². The van der Waals surface area contributed by atoms with Gasteiger partial charge in [0.15, 0.2) is 0 Å². The van der Waals surface area contributed by atoms with Gasteiger partial charge in [0.05, 0.1) is 5.69 Å². The predicted molar refractivity (Wildman–Crippen MR) is 70.8 cm³/mol. The molecule has 102 valence electrons. The molecular weight excluding hydrogens is 264 g/mol. The number of nitrogens with two attached hydrogens (primary N) is 1. The molecule has 0 bridgehead atoms. The minimum atomic E-state index is -1.61. The molecule has 1 saturated carbocycles. The van der Waals surface area contributed by atoms with Crippen molar-refractivity contribution in [1.82, 2.24) is 9.55 Å². The average molecular weight is 275 g/mol. The van der Waals surface area contributed by atoms with E-state index in [1.54, 1.807) is 24.4 Å². The first kappa shape index (κ1) is 12.5. The van der Waals surface area contributed by atoms with Gasteiger partial charge in [0, 0.05) is 23.9 Å². The van der Waals surface area contributed by atoms with Crippen LogP contribution in [0.2, 0.25) is 0 Å². The van der Waals surface area contributed by atoms with Crippen LogP contribution in [0.25, 0.3) is 5.82 Å². The zero-order chi connectivity index (χ0) is 14.3. The Bertz CT molecular complexity index is 746. The number of pyridine rings is 2. The Kier molecular flexibility index (Phi) is 2.85. The maximum absolute atomic E-state index is 12.4. The molecule has 2 heterocycles. The first-order valence-electron chi connectivity index (χ1n) is 6.05. The minimum Gasteiger partial charge on any atom is -0.394 e. The Balaban J connectivity index is 1.93. The lowest BCUT2D eigenvalue weighted by Crippen LogP contribution is -2.21. The molecule has 0 radical (unpaired) electrons. The third kappa shape index (κ3) is 2.09. The van der Waals surface area contributed by atoms with Gasteiger partial charge >= 0.3 is 0 Å². The van der Waals surface area contributed by atoms with E-state index in [1.807, 2.05) is 0 Å². The molecule has 1 aliphatic carbocycles. The number of nitrogen functional groups attached to an aromatic ring is 1. The van der Waals surface area contributed by atoms with E-state index >= 15 is 0 Å². The molecule has 1 atom stereocenters. The van der Waals surface area contributed by atoms with Gasteiger partial charge in [-0.1, -0.05) is 6.07 Å². The third-order valence-corrected chi connectivity index (χ3v) is 3.32. The van der Waals surface area contributed by atoms with Gasteiger partial charge in [-0.25, -0.2) is 4.98 Å². The van der Waals surface area contributed by atoms with E-state index in [0.29, 0.717) is 12.2 Å². The number of aromatic nitrogens is 2. The molecule has 2 aromatic rings. The maximum Gasteiger partial charge on any atom is 0.279 e. The molecule has 20 heavy (non-hydrogen) atoms. The molecule has 0 aromatic carbocycles. The molecule has 1 fully saturated rings. The molecule has 0 saturated heterocycles. The molecule has 0 spiro atoms. The van der Waals surface area contributed by atoms with Crippen molar-refractivity contribution in [1.29, 1.82) is 0 Å². The van der Waals surface area contributed by atoms with E-state index in [1.165, 1.54) is 16.8 Å². The highest BCUT2D eigenvalue weighted by atomic mass is 19.3. The number of rotatable bonds is 2. The highest BCUT2D eigenvalue weighted by molar-refractivity contribution is 5.43. The SMILES string of the molecule is Nc1cccn(-c2ccc(C3CC3=C(F)F)cn2)c1=O. The summed E-state index contributed by atoms with van der Waals surface area (Å²) < 4.78 is 26.1. The first-order valence-corrected chi connectivity index (χ1v) is 6.05. The quantitative estimate of drug-likeness (QED) is 0.915. The van der Waals surface area contributed by atoms with E-state index < -0.39 is 6.08 Å². The van der Waals surface area contributed by atoms with E-state index in [9.17, 15) is 13.6 Å². The van der Waals surface area contributed by atoms with Crippen molar-refractivity contribution < 1.29 is 8.78 Å². The summed E-state index contributed by atoms with van der Waals surface area (Å²) in [4.78, 5) is 16.0. The Hall–Kier alpha value is -2.50. The second kappa shape index (κ2) is 4.56. The maximum atomic E-state index is 12.4. The van der Waals surface area contributed by atoms with E-state index in [4.69, 9.17) is 5.73 Å². The molecule has 1 unspecified atom stereocenters. The van der Waals surface area contributed by atoms with Crippen molar-refractivity contribution in [2.45, 2.75) is 12.3 Å². The summed E-state index contributed by atoms with van der Waals surface area (Å²) >= 11 is 0. The van der Waals surface area contributed by atoms with E-state index in [-0.39, 0.29) is 22.7 Å². The lowest BCUT2D eigenvalue weighted by atomic mass is 10.2. The molecule has 4 nitrogen and oxygen atoms in total. The van der Waals surface area contributed by atoms with Gasteiger partial charge < -0.3 is 5.73 Å². The lowest BCUT2D eigenvalue weighted by Gasteiger charge is -2.06. The minimum absolute atomic E-state index is 0.130. The largest absolute Gasteiger partial charge is 0.394 e. The fourth-order valence-electron chi connectivity index (χ4n) is 2.13. The summed E-state index contributed by atoms with van der Waals surface area (Å²) in [6.07, 6.45) is 1.85. The number of nitrogens with zero attached hydrogens (tertiary/aromatic N) is 2. The summed E-state index contributed by atoms with van der Waals surface area (Å²) in [5, 5.41) is 0. The van der Waals surface area contributed by atoms with Crippen LogP contribution in [0.3, 0.4) is 0 Å². The number of hydrogen-bond acceptors (Lipinski definition) is 3. The summed E-state index contributed by atoms with van der Waals surface area (Å²) in [5.41, 5.74) is 6.22. The Morgan fingerprint density at radius 2 is 2.15 bits per heavy atom. The number of halogens is 2. The lowest BCUT2D eigenvalue weighted by molar-refractivity contribution is 0.417. The van der Waals surface area contributed by atoms with Crippen molar-refractivity contribution in [2.75, 3.05) is 5.73 Å². The van der Waals surface area contributed by atoms with Gasteiger partial charge in [0.2, 0.25) is 0 Å². The Morgan fingerprint density at radius 3 is 2.75 bits per heavy atom. The highest BCUT2D eigenvalue weighted by Crippen LogP contribution is 2.49. The van der Waals surface area contributed by atoms with Gasteiger partial charge in [-0.2, -0.15) is 8.78 Å². The van der Waals surface area contributed by atoms with Gasteiger partial charge in [-0.15, -0.1) is 0 Å². The van der Waals surface area contributed by atoms with Crippen molar-refractivity contribution >= 4 is 5.69 Å². The standard InChI is InChI=1S/C14H11F2N3O/c15-13(16)10-6-9(10)8-3-4-12(18-7-8)19-5-1-2-11(17)14(19)20/h1-5,7,9H,6,17H2. The van der Waals surface area contributed by atoms with E-state index in [0.717, 1.165) is 5.56 Å². The summed E-state index contributed by atoms with van der Waals surface area (Å²) in [7, 11) is 0. The van der Waals surface area contributed by atoms with Crippen molar-refractivity contribution in [3.63, 3.8) is 0 Å². The first-order chi connectivity index (χ1) is 9.58. The zero-order valence-electron chi connectivity index (χ0n) is 10.4. The molecule has 1 aliphatic rings. The van der Waals surface area contributed by atoms with Crippen LogP contribution in [0, 0.1) is 0 Å². The van der Waals surface area contributed by atoms with Crippen molar-refractivity contribution in [3.8, 4) is 5.82 Å². The van der Waals surface area contributed by atoms with Crippen molar-refractivity contribution in [3.05, 3.63) is 64.2 Å². The molecule has 0 amide bonds. The van der Waals surface area contributed by atoms with Gasteiger partial charge in [0.1, 0.15) is 5.82 Å².